The molecule has 88 valence electrons. The first-order valence-corrected chi connectivity index (χ1v) is 6.81. The molecule has 1 unspecified atom stereocenters. The zero-order valence-electron chi connectivity index (χ0n) is 9.09. The number of aliphatic hydroxyl groups is 1. The second-order valence-electron chi connectivity index (χ2n) is 4.08. The van der Waals surface area contributed by atoms with E-state index in [1.165, 1.54) is 11.4 Å². The maximum Gasteiger partial charge on any atom is 0.214 e. The van der Waals surface area contributed by atoms with Gasteiger partial charge >= 0.3 is 0 Å². The lowest BCUT2D eigenvalue weighted by Crippen LogP contribution is -2.36. The van der Waals surface area contributed by atoms with Gasteiger partial charge in [-0.15, -0.1) is 6.58 Å². The van der Waals surface area contributed by atoms with Gasteiger partial charge in [-0.3, -0.25) is 0 Å². The molecule has 0 amide bonds. The van der Waals surface area contributed by atoms with Gasteiger partial charge in [0.15, 0.2) is 0 Å². The Bertz CT molecular complexity index is 309. The smallest absolute Gasteiger partial charge is 0.214 e. The monoisotopic (exact) mass is 233 g/mol. The zero-order chi connectivity index (χ0) is 11.5. The Morgan fingerprint density at radius 2 is 2.20 bits per heavy atom. The molecule has 1 N–H and O–H groups in total. The summed E-state index contributed by atoms with van der Waals surface area (Å²) in [5, 5.41) is 9.62. The predicted octanol–water partition coefficient (Wildman–Crippen LogP) is 0.595. The van der Waals surface area contributed by atoms with E-state index >= 15 is 0 Å². The van der Waals surface area contributed by atoms with Gasteiger partial charge in [0.05, 0.1) is 11.9 Å². The highest BCUT2D eigenvalue weighted by Gasteiger charge is 2.32. The van der Waals surface area contributed by atoms with Gasteiger partial charge in [0, 0.05) is 13.6 Å². The molecule has 1 aliphatic carbocycles. The van der Waals surface area contributed by atoms with Crippen molar-refractivity contribution >= 4 is 10.0 Å². The molecule has 1 atom stereocenters. The molecule has 0 aliphatic heterocycles. The van der Waals surface area contributed by atoms with Crippen molar-refractivity contribution in [3.63, 3.8) is 0 Å². The number of rotatable bonds is 7. The average molecular weight is 233 g/mol. The number of hydrogen-bond donors (Lipinski definition) is 1. The number of hydrogen-bond acceptors (Lipinski definition) is 3. The van der Waals surface area contributed by atoms with Crippen molar-refractivity contribution in [2.75, 3.05) is 19.3 Å². The van der Waals surface area contributed by atoms with Crippen LogP contribution in [0.1, 0.15) is 19.3 Å². The topological polar surface area (TPSA) is 57.6 Å². The van der Waals surface area contributed by atoms with Crippen LogP contribution in [0.3, 0.4) is 0 Å². The molecule has 0 radical (unpaired) electrons. The van der Waals surface area contributed by atoms with E-state index in [4.69, 9.17) is 0 Å². The van der Waals surface area contributed by atoms with E-state index in [0.717, 1.165) is 12.8 Å². The van der Waals surface area contributed by atoms with E-state index in [9.17, 15) is 13.5 Å². The molecule has 5 heteroatoms. The quantitative estimate of drug-likeness (QED) is 0.655. The fourth-order valence-corrected chi connectivity index (χ4v) is 2.55. The van der Waals surface area contributed by atoms with Crippen LogP contribution in [0.25, 0.3) is 0 Å². The molecule has 0 heterocycles. The highest BCUT2D eigenvalue weighted by Crippen LogP contribution is 2.32. The molecule has 1 fully saturated rings. The SMILES string of the molecule is C=CCCS(=O)(=O)N(C)CC(O)C1CC1. The third kappa shape index (κ3) is 3.93. The first-order valence-electron chi connectivity index (χ1n) is 5.20. The fraction of sp³-hybridized carbons (Fsp3) is 0.800. The van der Waals surface area contributed by atoms with Crippen molar-refractivity contribution in [1.82, 2.24) is 4.31 Å². The summed E-state index contributed by atoms with van der Waals surface area (Å²) in [4.78, 5) is 0. The Balaban J connectivity index is 2.42. The molecule has 0 aromatic carbocycles. The number of aliphatic hydroxyl groups excluding tert-OH is 1. The van der Waals surface area contributed by atoms with E-state index in [-0.39, 0.29) is 12.3 Å². The normalized spacial score (nSPS) is 19.1. The Hall–Kier alpha value is -0.390. The van der Waals surface area contributed by atoms with Gasteiger partial charge in [0.2, 0.25) is 10.0 Å². The summed E-state index contributed by atoms with van der Waals surface area (Å²) in [6, 6.07) is 0. The lowest BCUT2D eigenvalue weighted by molar-refractivity contribution is 0.131. The molecule has 0 bridgehead atoms. The van der Waals surface area contributed by atoms with E-state index in [1.807, 2.05) is 0 Å². The van der Waals surface area contributed by atoms with Crippen LogP contribution in [0.15, 0.2) is 12.7 Å². The molecule has 0 saturated heterocycles. The van der Waals surface area contributed by atoms with Gasteiger partial charge in [-0.25, -0.2) is 12.7 Å². The third-order valence-electron chi connectivity index (χ3n) is 2.67. The largest absolute Gasteiger partial charge is 0.391 e. The molecular weight excluding hydrogens is 214 g/mol. The van der Waals surface area contributed by atoms with E-state index in [2.05, 4.69) is 6.58 Å². The van der Waals surface area contributed by atoms with Crippen molar-refractivity contribution in [2.45, 2.75) is 25.4 Å². The van der Waals surface area contributed by atoms with Crippen LogP contribution in [0.2, 0.25) is 0 Å². The van der Waals surface area contributed by atoms with Crippen LogP contribution < -0.4 is 0 Å². The minimum Gasteiger partial charge on any atom is -0.391 e. The van der Waals surface area contributed by atoms with Crippen LogP contribution in [0.4, 0.5) is 0 Å². The van der Waals surface area contributed by atoms with Gasteiger partial charge in [-0.2, -0.15) is 0 Å². The first kappa shape index (κ1) is 12.7. The van der Waals surface area contributed by atoms with Crippen LogP contribution in [-0.4, -0.2) is 43.3 Å². The first-order chi connectivity index (χ1) is 6.97. The average Bonchev–Trinajstić information content (AvgIpc) is 2.97. The van der Waals surface area contributed by atoms with E-state index < -0.39 is 16.1 Å². The van der Waals surface area contributed by atoms with Crippen molar-refractivity contribution in [3.8, 4) is 0 Å². The Morgan fingerprint density at radius 1 is 1.60 bits per heavy atom. The van der Waals surface area contributed by atoms with E-state index in [1.54, 1.807) is 6.08 Å². The molecule has 0 aromatic rings. The highest BCUT2D eigenvalue weighted by molar-refractivity contribution is 7.89. The van der Waals surface area contributed by atoms with Crippen LogP contribution in [-0.2, 0) is 10.0 Å². The van der Waals surface area contributed by atoms with Crippen LogP contribution in [0, 0.1) is 5.92 Å². The molecule has 1 rings (SSSR count). The summed E-state index contributed by atoms with van der Waals surface area (Å²) in [6.07, 6.45) is 3.56. The number of sulfonamides is 1. The van der Waals surface area contributed by atoms with Crippen molar-refractivity contribution < 1.29 is 13.5 Å². The van der Waals surface area contributed by atoms with Gasteiger partial charge in [-0.1, -0.05) is 6.08 Å². The molecule has 4 nitrogen and oxygen atoms in total. The van der Waals surface area contributed by atoms with Crippen molar-refractivity contribution in [3.05, 3.63) is 12.7 Å². The Kier molecular flexibility index (Phi) is 4.31. The van der Waals surface area contributed by atoms with Crippen molar-refractivity contribution in [2.24, 2.45) is 5.92 Å². The summed E-state index contributed by atoms with van der Waals surface area (Å²) in [5.41, 5.74) is 0. The van der Waals surface area contributed by atoms with Crippen molar-refractivity contribution in [1.29, 1.82) is 0 Å². The summed E-state index contributed by atoms with van der Waals surface area (Å²) in [6.45, 7) is 3.70. The molecule has 0 aromatic heterocycles. The summed E-state index contributed by atoms with van der Waals surface area (Å²) < 4.78 is 24.5. The number of nitrogens with zero attached hydrogens (tertiary/aromatic N) is 1. The van der Waals surface area contributed by atoms with Gasteiger partial charge in [-0.05, 0) is 25.2 Å². The molecule has 1 saturated carbocycles. The molecular formula is C10H19NO3S. The van der Waals surface area contributed by atoms with Gasteiger partial charge in [0.1, 0.15) is 0 Å². The summed E-state index contributed by atoms with van der Waals surface area (Å²) in [5.74, 6) is 0.381. The molecule has 0 spiro atoms. The highest BCUT2D eigenvalue weighted by atomic mass is 32.2. The maximum absolute atomic E-state index is 11.6. The lowest BCUT2D eigenvalue weighted by atomic mass is 10.2. The third-order valence-corrected chi connectivity index (χ3v) is 4.52. The maximum atomic E-state index is 11.6. The predicted molar refractivity (Wildman–Crippen MR) is 60.0 cm³/mol. The molecule has 1 aliphatic rings. The minimum absolute atomic E-state index is 0.0738. The van der Waals surface area contributed by atoms with Gasteiger partial charge < -0.3 is 5.11 Å². The lowest BCUT2D eigenvalue weighted by Gasteiger charge is -2.19. The van der Waals surface area contributed by atoms with Crippen LogP contribution >= 0.6 is 0 Å². The fourth-order valence-electron chi connectivity index (χ4n) is 1.40. The standard InChI is InChI=1S/C10H19NO3S/c1-3-4-7-15(13,14)11(2)8-10(12)9-5-6-9/h3,9-10,12H,1,4-8H2,2H3. The second-order valence-corrected chi connectivity index (χ2v) is 6.27. The van der Waals surface area contributed by atoms with Gasteiger partial charge in [0.25, 0.3) is 0 Å². The second kappa shape index (κ2) is 5.09. The van der Waals surface area contributed by atoms with E-state index in [0.29, 0.717) is 12.3 Å². The summed E-state index contributed by atoms with van der Waals surface area (Å²) in [7, 11) is -1.70. The molecule has 15 heavy (non-hydrogen) atoms. The summed E-state index contributed by atoms with van der Waals surface area (Å²) >= 11 is 0. The zero-order valence-corrected chi connectivity index (χ0v) is 9.91. The number of allylic oxidation sites excluding steroid dienone is 1. The Labute approximate surface area is 91.6 Å². The Morgan fingerprint density at radius 3 is 2.67 bits per heavy atom. The minimum atomic E-state index is -3.22. The number of likely N-dealkylation sites (N-methyl/N-ethyl adjacent to an activating group) is 1. The van der Waals surface area contributed by atoms with Crippen LogP contribution in [0.5, 0.6) is 0 Å².